The molecule has 3 nitrogen and oxygen atoms in total. The van der Waals surface area contributed by atoms with E-state index >= 15 is 0 Å². The first-order valence-corrected chi connectivity index (χ1v) is 3.80. The van der Waals surface area contributed by atoms with E-state index in [0.717, 1.165) is 0 Å². The molecule has 1 aliphatic heterocycles. The average molecular weight is 181 g/mol. The van der Waals surface area contributed by atoms with Crippen molar-refractivity contribution in [3.8, 4) is 0 Å². The summed E-state index contributed by atoms with van der Waals surface area (Å²) >= 11 is 0. The summed E-state index contributed by atoms with van der Waals surface area (Å²) < 4.78 is 24.1. The minimum absolute atomic E-state index is 0.355. The highest BCUT2D eigenvalue weighted by Crippen LogP contribution is 2.22. The summed E-state index contributed by atoms with van der Waals surface area (Å²) in [6, 6.07) is 0. The van der Waals surface area contributed by atoms with Crippen molar-refractivity contribution in [3.63, 3.8) is 0 Å². The second-order valence-electron chi connectivity index (χ2n) is 2.56. The Bertz CT molecular complexity index is 161. The van der Waals surface area contributed by atoms with Crippen LogP contribution >= 0.6 is 0 Å². The van der Waals surface area contributed by atoms with Gasteiger partial charge in [-0.05, 0) is 0 Å². The molecular weight excluding hydrogens is 168 g/mol. The first kappa shape index (κ1) is 11.3. The lowest BCUT2D eigenvalue weighted by atomic mass is 10.2. The third kappa shape index (κ3) is 2.41. The molecule has 0 aromatic rings. The van der Waals surface area contributed by atoms with Gasteiger partial charge in [0.2, 0.25) is 0 Å². The van der Waals surface area contributed by atoms with Crippen LogP contribution in [0.4, 0.5) is 8.78 Å². The lowest BCUT2D eigenvalue weighted by molar-refractivity contribution is -0.149. The second kappa shape index (κ2) is 4.35. The van der Waals surface area contributed by atoms with E-state index in [4.69, 9.17) is 5.11 Å². The zero-order chi connectivity index (χ0) is 9.78. The molecule has 5 heteroatoms. The van der Waals surface area contributed by atoms with Gasteiger partial charge in [0, 0.05) is 0 Å². The molecule has 0 unspecified atom stereocenters. The van der Waals surface area contributed by atoms with Gasteiger partial charge in [0.1, 0.15) is 6.10 Å². The number of alkyl halides is 2. The Labute approximate surface area is 69.8 Å². The fraction of sp³-hybridized carbons (Fsp3) is 0.857. The fourth-order valence-electron chi connectivity index (χ4n) is 0.587. The monoisotopic (exact) mass is 181 g/mol. The summed E-state index contributed by atoms with van der Waals surface area (Å²) in [5, 5.41) is 10.2. The van der Waals surface area contributed by atoms with E-state index in [1.165, 1.54) is 6.42 Å². The van der Waals surface area contributed by atoms with E-state index in [-0.39, 0.29) is 6.54 Å². The Hall–Kier alpha value is -0.710. The number of amides is 1. The molecule has 0 radical (unpaired) electrons. The van der Waals surface area contributed by atoms with Gasteiger partial charge in [0.25, 0.3) is 5.91 Å². The highest BCUT2D eigenvalue weighted by atomic mass is 19.3. The molecule has 1 saturated heterocycles. The zero-order valence-electron chi connectivity index (χ0n) is 7.10. The van der Waals surface area contributed by atoms with Crippen LogP contribution in [-0.2, 0) is 4.79 Å². The molecule has 0 bridgehead atoms. The van der Waals surface area contributed by atoms with Crippen LogP contribution in [-0.4, -0.2) is 29.6 Å². The first-order chi connectivity index (χ1) is 5.46. The zero-order valence-corrected chi connectivity index (χ0v) is 7.10. The van der Waals surface area contributed by atoms with Crippen molar-refractivity contribution < 1.29 is 18.7 Å². The molecule has 0 saturated carbocycles. The standard InChI is InChI=1S/C4H5F2NO2.C3H8/c5-4(6)2(8)1-7-3(4)9;1-3-2/h2,8H,1H2,(H,7,9);3H2,1-2H3/t2-;/m1./s1. The molecule has 1 heterocycles. The number of β-amino-alcohol motifs (C(OH)–C–C–N with tert-alkyl or cyclic N) is 1. The molecule has 1 amide bonds. The number of rotatable bonds is 0. The van der Waals surface area contributed by atoms with Gasteiger partial charge in [-0.25, -0.2) is 0 Å². The quantitative estimate of drug-likeness (QED) is 0.572. The maximum absolute atomic E-state index is 12.1. The summed E-state index contributed by atoms with van der Waals surface area (Å²) in [6.45, 7) is 3.89. The van der Waals surface area contributed by atoms with Gasteiger partial charge >= 0.3 is 5.92 Å². The topological polar surface area (TPSA) is 49.3 Å². The molecule has 0 aliphatic carbocycles. The van der Waals surface area contributed by atoms with Gasteiger partial charge in [0.05, 0.1) is 6.54 Å². The van der Waals surface area contributed by atoms with E-state index in [0.29, 0.717) is 0 Å². The largest absolute Gasteiger partial charge is 0.384 e. The Kier molecular flexibility index (Phi) is 4.09. The number of carbonyl (C=O) groups excluding carboxylic acids is 1. The van der Waals surface area contributed by atoms with Gasteiger partial charge in [0.15, 0.2) is 0 Å². The van der Waals surface area contributed by atoms with Crippen molar-refractivity contribution >= 4 is 5.91 Å². The van der Waals surface area contributed by atoms with Crippen molar-refractivity contribution in [3.05, 3.63) is 0 Å². The van der Waals surface area contributed by atoms with Crippen molar-refractivity contribution in [1.82, 2.24) is 5.32 Å². The van der Waals surface area contributed by atoms with Crippen LogP contribution < -0.4 is 5.32 Å². The highest BCUT2D eigenvalue weighted by Gasteiger charge is 2.51. The van der Waals surface area contributed by atoms with E-state index in [9.17, 15) is 13.6 Å². The number of carbonyl (C=O) groups is 1. The summed E-state index contributed by atoms with van der Waals surface area (Å²) in [7, 11) is 0. The Morgan fingerprint density at radius 2 is 2.08 bits per heavy atom. The predicted octanol–water partition coefficient (Wildman–Crippen LogP) is 0.529. The fourth-order valence-corrected chi connectivity index (χ4v) is 0.587. The number of hydrogen-bond acceptors (Lipinski definition) is 2. The van der Waals surface area contributed by atoms with Crippen molar-refractivity contribution in [2.75, 3.05) is 6.54 Å². The van der Waals surface area contributed by atoms with Crippen LogP contribution in [0.5, 0.6) is 0 Å². The molecule has 0 spiro atoms. The molecule has 1 fully saturated rings. The molecule has 0 aromatic heterocycles. The first-order valence-electron chi connectivity index (χ1n) is 3.80. The third-order valence-corrected chi connectivity index (χ3v) is 1.18. The van der Waals surface area contributed by atoms with Crippen molar-refractivity contribution in [2.45, 2.75) is 32.3 Å². The number of aliphatic hydroxyl groups is 1. The van der Waals surface area contributed by atoms with Gasteiger partial charge in [-0.3, -0.25) is 4.79 Å². The van der Waals surface area contributed by atoms with E-state index in [2.05, 4.69) is 13.8 Å². The van der Waals surface area contributed by atoms with E-state index in [1.807, 2.05) is 5.32 Å². The number of nitrogens with one attached hydrogen (secondary N) is 1. The van der Waals surface area contributed by atoms with Crippen LogP contribution in [0.15, 0.2) is 0 Å². The Morgan fingerprint density at radius 1 is 1.67 bits per heavy atom. The molecule has 1 aliphatic rings. The predicted molar refractivity (Wildman–Crippen MR) is 39.9 cm³/mol. The molecule has 72 valence electrons. The summed E-state index contributed by atoms with van der Waals surface area (Å²) in [4.78, 5) is 10.1. The van der Waals surface area contributed by atoms with E-state index < -0.39 is 17.9 Å². The van der Waals surface area contributed by atoms with Crippen LogP contribution in [0, 0.1) is 0 Å². The second-order valence-corrected chi connectivity index (χ2v) is 2.56. The SMILES string of the molecule is CCC.O=C1NC[C@@H](O)C1(F)F. The Balaban J connectivity index is 0.000000354. The van der Waals surface area contributed by atoms with Crippen LogP contribution in [0.3, 0.4) is 0 Å². The van der Waals surface area contributed by atoms with Crippen molar-refractivity contribution in [2.24, 2.45) is 0 Å². The molecule has 1 atom stereocenters. The minimum atomic E-state index is -3.58. The average Bonchev–Trinajstić information content (AvgIpc) is 2.19. The van der Waals surface area contributed by atoms with Gasteiger partial charge in [-0.2, -0.15) is 8.78 Å². The summed E-state index contributed by atoms with van der Waals surface area (Å²) in [5.41, 5.74) is 0. The lowest BCUT2D eigenvalue weighted by Gasteiger charge is -2.07. The molecule has 1 rings (SSSR count). The number of aliphatic hydroxyl groups excluding tert-OH is 1. The van der Waals surface area contributed by atoms with Crippen LogP contribution in [0.2, 0.25) is 0 Å². The molecule has 2 N–H and O–H groups in total. The van der Waals surface area contributed by atoms with Crippen LogP contribution in [0.1, 0.15) is 20.3 Å². The van der Waals surface area contributed by atoms with Gasteiger partial charge in [-0.1, -0.05) is 20.3 Å². The number of halogens is 2. The smallest absolute Gasteiger partial charge is 0.351 e. The van der Waals surface area contributed by atoms with E-state index in [1.54, 1.807) is 0 Å². The molecule has 12 heavy (non-hydrogen) atoms. The summed E-state index contributed by atoms with van der Waals surface area (Å²) in [6.07, 6.45) is -0.606. The maximum atomic E-state index is 12.1. The highest BCUT2D eigenvalue weighted by molar-refractivity contribution is 5.86. The minimum Gasteiger partial charge on any atom is -0.384 e. The summed E-state index contributed by atoms with van der Waals surface area (Å²) in [5.74, 6) is -4.98. The molecular formula is C7H13F2NO2. The van der Waals surface area contributed by atoms with Gasteiger partial charge < -0.3 is 10.4 Å². The molecule has 0 aromatic carbocycles. The van der Waals surface area contributed by atoms with Crippen LogP contribution in [0.25, 0.3) is 0 Å². The lowest BCUT2D eigenvalue weighted by Crippen LogP contribution is -2.35. The maximum Gasteiger partial charge on any atom is 0.351 e. The Morgan fingerprint density at radius 3 is 2.17 bits per heavy atom. The number of hydrogen-bond donors (Lipinski definition) is 2. The van der Waals surface area contributed by atoms with Crippen molar-refractivity contribution in [1.29, 1.82) is 0 Å². The van der Waals surface area contributed by atoms with Gasteiger partial charge in [-0.15, -0.1) is 0 Å². The normalized spacial score (nSPS) is 25.8. The third-order valence-electron chi connectivity index (χ3n) is 1.18.